The van der Waals surface area contributed by atoms with Gasteiger partial charge in [-0.1, -0.05) is 6.08 Å². The summed E-state index contributed by atoms with van der Waals surface area (Å²) in [5, 5.41) is 30.7. The minimum Gasteiger partial charge on any atom is -0.508 e. The van der Waals surface area contributed by atoms with Gasteiger partial charge in [0.2, 0.25) is 0 Å². The van der Waals surface area contributed by atoms with Gasteiger partial charge in [0.05, 0.1) is 15.5 Å². The van der Waals surface area contributed by atoms with E-state index >= 15 is 0 Å². The lowest BCUT2D eigenvalue weighted by atomic mass is 10.1. The Kier molecular flexibility index (Phi) is 5.46. The maximum absolute atomic E-state index is 12.7. The molecule has 28 heavy (non-hydrogen) atoms. The molecule has 1 fully saturated rings. The second kappa shape index (κ2) is 7.97. The standard InChI is InChI=1S/C19H15N3O5S/c1-2-9-21-18(25)17(11-12-10-14(22(26)27)5-8-16(12)24)28-19(21)20-13-3-6-15(23)7-4-13/h2-8,10-11,23-24H,1,9H2/b17-11-,20-19?. The third-order valence-electron chi connectivity index (χ3n) is 3.78. The maximum Gasteiger partial charge on any atom is 0.270 e. The fraction of sp³-hybridized carbons (Fsp3) is 0.0526. The second-order valence-corrected chi connectivity index (χ2v) is 6.74. The number of carbonyl (C=O) groups excluding carboxylic acids is 1. The molecule has 0 saturated carbocycles. The van der Waals surface area contributed by atoms with Crippen molar-refractivity contribution in [2.75, 3.05) is 6.54 Å². The van der Waals surface area contributed by atoms with E-state index in [1.807, 2.05) is 0 Å². The van der Waals surface area contributed by atoms with Crippen molar-refractivity contribution < 1.29 is 19.9 Å². The minimum absolute atomic E-state index is 0.101. The van der Waals surface area contributed by atoms with Crippen LogP contribution in [0.15, 0.2) is 65.0 Å². The van der Waals surface area contributed by atoms with E-state index in [0.29, 0.717) is 10.9 Å². The highest BCUT2D eigenvalue weighted by atomic mass is 32.2. The van der Waals surface area contributed by atoms with Gasteiger partial charge < -0.3 is 10.2 Å². The molecule has 1 aliphatic rings. The van der Waals surface area contributed by atoms with E-state index in [1.165, 1.54) is 41.3 Å². The Morgan fingerprint density at radius 3 is 2.57 bits per heavy atom. The molecule has 1 amide bonds. The SMILES string of the molecule is C=CCN1C(=O)/C(=C/c2cc([N+](=O)[O-])ccc2O)SC1=Nc1ccc(O)cc1. The van der Waals surface area contributed by atoms with Gasteiger partial charge >= 0.3 is 0 Å². The molecule has 0 aliphatic carbocycles. The highest BCUT2D eigenvalue weighted by Crippen LogP contribution is 2.36. The highest BCUT2D eigenvalue weighted by molar-refractivity contribution is 8.18. The summed E-state index contributed by atoms with van der Waals surface area (Å²) in [5.41, 5.74) is 0.511. The number of aliphatic imine (C=N–C) groups is 1. The molecule has 3 rings (SSSR count). The summed E-state index contributed by atoms with van der Waals surface area (Å²) in [7, 11) is 0. The average molecular weight is 397 g/mol. The zero-order valence-electron chi connectivity index (χ0n) is 14.5. The number of nitro benzene ring substituents is 1. The maximum atomic E-state index is 12.7. The van der Waals surface area contributed by atoms with E-state index in [-0.39, 0.29) is 40.1 Å². The Morgan fingerprint density at radius 1 is 1.21 bits per heavy atom. The first kappa shape index (κ1) is 19.2. The highest BCUT2D eigenvalue weighted by Gasteiger charge is 2.33. The molecule has 9 heteroatoms. The molecule has 0 unspecified atom stereocenters. The van der Waals surface area contributed by atoms with Crippen LogP contribution >= 0.6 is 11.8 Å². The van der Waals surface area contributed by atoms with E-state index in [9.17, 15) is 25.1 Å². The molecule has 2 aromatic rings. The number of hydrogen-bond acceptors (Lipinski definition) is 7. The van der Waals surface area contributed by atoms with Crippen molar-refractivity contribution in [3.8, 4) is 11.5 Å². The molecule has 1 heterocycles. The fourth-order valence-electron chi connectivity index (χ4n) is 2.43. The van der Waals surface area contributed by atoms with E-state index in [2.05, 4.69) is 11.6 Å². The van der Waals surface area contributed by atoms with Gasteiger partial charge in [-0.3, -0.25) is 19.8 Å². The first-order valence-electron chi connectivity index (χ1n) is 8.06. The lowest BCUT2D eigenvalue weighted by molar-refractivity contribution is -0.384. The van der Waals surface area contributed by atoms with Gasteiger partial charge in [-0.05, 0) is 48.2 Å². The normalized spacial score (nSPS) is 16.7. The van der Waals surface area contributed by atoms with Crippen LogP contribution in [0.2, 0.25) is 0 Å². The molecular weight excluding hydrogens is 382 g/mol. The van der Waals surface area contributed by atoms with Crippen molar-refractivity contribution >= 4 is 40.3 Å². The van der Waals surface area contributed by atoms with Crippen molar-refractivity contribution in [1.82, 2.24) is 4.90 Å². The number of benzene rings is 2. The second-order valence-electron chi connectivity index (χ2n) is 5.73. The molecule has 142 valence electrons. The molecule has 2 aromatic carbocycles. The number of amidine groups is 1. The smallest absolute Gasteiger partial charge is 0.270 e. The number of hydrogen-bond donors (Lipinski definition) is 2. The fourth-order valence-corrected chi connectivity index (χ4v) is 3.43. The number of rotatable bonds is 5. The number of phenolic OH excluding ortho intramolecular Hbond substituents is 2. The Morgan fingerprint density at radius 2 is 1.93 bits per heavy atom. The van der Waals surface area contributed by atoms with Crippen molar-refractivity contribution in [2.24, 2.45) is 4.99 Å². The van der Waals surface area contributed by atoms with E-state index in [1.54, 1.807) is 18.2 Å². The van der Waals surface area contributed by atoms with Gasteiger partial charge in [-0.15, -0.1) is 6.58 Å². The van der Waals surface area contributed by atoms with Gasteiger partial charge in [0, 0.05) is 24.2 Å². The number of carbonyl (C=O) groups is 1. The van der Waals surface area contributed by atoms with Crippen LogP contribution in [-0.4, -0.2) is 37.7 Å². The van der Waals surface area contributed by atoms with Crippen molar-refractivity contribution in [3.05, 3.63) is 75.7 Å². The Hall–Kier alpha value is -3.59. The third-order valence-corrected chi connectivity index (χ3v) is 4.79. The first-order chi connectivity index (χ1) is 13.4. The molecule has 0 atom stereocenters. The molecule has 2 N–H and O–H groups in total. The number of phenols is 2. The van der Waals surface area contributed by atoms with E-state index in [4.69, 9.17) is 0 Å². The van der Waals surface area contributed by atoms with Gasteiger partial charge in [0.1, 0.15) is 11.5 Å². The number of thioether (sulfide) groups is 1. The minimum atomic E-state index is -0.577. The molecular formula is C19H15N3O5S. The zero-order valence-corrected chi connectivity index (χ0v) is 15.3. The van der Waals surface area contributed by atoms with E-state index in [0.717, 1.165) is 11.8 Å². The van der Waals surface area contributed by atoms with Crippen LogP contribution in [0.25, 0.3) is 6.08 Å². The van der Waals surface area contributed by atoms with Crippen molar-refractivity contribution in [3.63, 3.8) is 0 Å². The lowest BCUT2D eigenvalue weighted by Crippen LogP contribution is -2.29. The first-order valence-corrected chi connectivity index (χ1v) is 8.88. The van der Waals surface area contributed by atoms with Crippen LogP contribution in [0.4, 0.5) is 11.4 Å². The van der Waals surface area contributed by atoms with Crippen LogP contribution in [-0.2, 0) is 4.79 Å². The Labute approximate surface area is 164 Å². The van der Waals surface area contributed by atoms with Crippen LogP contribution in [0.5, 0.6) is 11.5 Å². The summed E-state index contributed by atoms with van der Waals surface area (Å²) in [6, 6.07) is 9.77. The van der Waals surface area contributed by atoms with E-state index < -0.39 is 4.92 Å². The number of aromatic hydroxyl groups is 2. The summed E-state index contributed by atoms with van der Waals surface area (Å²) in [5.74, 6) is -0.428. The van der Waals surface area contributed by atoms with Crippen LogP contribution in [0, 0.1) is 10.1 Å². The molecule has 1 saturated heterocycles. The molecule has 0 bridgehead atoms. The zero-order chi connectivity index (χ0) is 20.3. The van der Waals surface area contributed by atoms with Gasteiger partial charge in [0.15, 0.2) is 5.17 Å². The topological polar surface area (TPSA) is 116 Å². The van der Waals surface area contributed by atoms with Crippen LogP contribution in [0.1, 0.15) is 5.56 Å². The molecule has 1 aliphatic heterocycles. The number of amides is 1. The van der Waals surface area contributed by atoms with Crippen molar-refractivity contribution in [2.45, 2.75) is 0 Å². The lowest BCUT2D eigenvalue weighted by Gasteiger charge is -2.12. The monoisotopic (exact) mass is 397 g/mol. The van der Waals surface area contributed by atoms with Crippen molar-refractivity contribution in [1.29, 1.82) is 0 Å². The third kappa shape index (κ3) is 4.04. The summed E-state index contributed by atoms with van der Waals surface area (Å²) in [6.45, 7) is 3.86. The number of non-ortho nitro benzene ring substituents is 1. The Bertz CT molecular complexity index is 1010. The quantitative estimate of drug-likeness (QED) is 0.343. The summed E-state index contributed by atoms with van der Waals surface area (Å²) < 4.78 is 0. The number of nitrogens with zero attached hydrogens (tertiary/aromatic N) is 3. The van der Waals surface area contributed by atoms with Gasteiger partial charge in [-0.25, -0.2) is 4.99 Å². The summed E-state index contributed by atoms with van der Waals surface area (Å²) in [4.78, 5) is 29.2. The van der Waals surface area contributed by atoms with Gasteiger partial charge in [0.25, 0.3) is 11.6 Å². The average Bonchev–Trinajstić information content (AvgIpc) is 2.94. The molecule has 8 nitrogen and oxygen atoms in total. The summed E-state index contributed by atoms with van der Waals surface area (Å²) >= 11 is 1.08. The van der Waals surface area contributed by atoms with Crippen LogP contribution in [0.3, 0.4) is 0 Å². The summed E-state index contributed by atoms with van der Waals surface area (Å²) in [6.07, 6.45) is 2.95. The molecule has 0 aromatic heterocycles. The molecule has 0 radical (unpaired) electrons. The number of nitro groups is 1. The predicted molar refractivity (Wildman–Crippen MR) is 107 cm³/mol. The van der Waals surface area contributed by atoms with Crippen LogP contribution < -0.4 is 0 Å². The largest absolute Gasteiger partial charge is 0.508 e. The molecule has 0 spiro atoms. The predicted octanol–water partition coefficient (Wildman–Crippen LogP) is 3.80. The Balaban J connectivity index is 1.99. The van der Waals surface area contributed by atoms with Gasteiger partial charge in [-0.2, -0.15) is 0 Å².